The minimum atomic E-state index is -0.211. The van der Waals surface area contributed by atoms with E-state index in [0.717, 1.165) is 17.1 Å². The molecule has 0 saturated heterocycles. The highest BCUT2D eigenvalue weighted by molar-refractivity contribution is 8.00. The minimum Gasteiger partial charge on any atom is -0.497 e. The Balaban J connectivity index is 1.93. The molecule has 0 bridgehead atoms. The molecule has 8 heteroatoms. The summed E-state index contributed by atoms with van der Waals surface area (Å²) in [5, 5.41) is 4.42. The monoisotopic (exact) mass is 436 g/mol. The summed E-state index contributed by atoms with van der Waals surface area (Å²) < 4.78 is 16.3. The number of nitrogens with zero attached hydrogens (tertiary/aromatic N) is 1. The van der Waals surface area contributed by atoms with Crippen LogP contribution in [0.4, 0.5) is 0 Å². The zero-order chi connectivity index (χ0) is 21.2. The Morgan fingerprint density at radius 3 is 2.59 bits per heavy atom. The summed E-state index contributed by atoms with van der Waals surface area (Å²) in [6.07, 6.45) is 2.38. The number of hydrogen-bond donors (Lipinski definition) is 1. The van der Waals surface area contributed by atoms with Gasteiger partial charge in [0.15, 0.2) is 11.5 Å². The molecule has 0 heterocycles. The Hall–Kier alpha value is -2.38. The van der Waals surface area contributed by atoms with Crippen LogP contribution in [0.3, 0.4) is 0 Å². The molecule has 6 nitrogen and oxygen atoms in total. The lowest BCUT2D eigenvalue weighted by Gasteiger charge is -2.17. The topological polar surface area (TPSA) is 69.2 Å². The first-order chi connectivity index (χ1) is 14.0. The quantitative estimate of drug-likeness (QED) is 0.330. The first-order valence-electron chi connectivity index (χ1n) is 9.09. The molecule has 0 aliphatic heterocycles. The maximum atomic E-state index is 12.0. The second-order valence-corrected chi connectivity index (χ2v) is 7.58. The Labute approximate surface area is 180 Å². The van der Waals surface area contributed by atoms with Crippen LogP contribution in [-0.2, 0) is 4.79 Å². The Bertz CT molecular complexity index is 843. The van der Waals surface area contributed by atoms with Crippen molar-refractivity contribution in [1.82, 2.24) is 5.43 Å². The van der Waals surface area contributed by atoms with E-state index in [0.29, 0.717) is 22.1 Å². The highest BCUT2D eigenvalue weighted by Crippen LogP contribution is 2.37. The van der Waals surface area contributed by atoms with Crippen molar-refractivity contribution in [2.45, 2.75) is 31.3 Å². The predicted octanol–water partition coefficient (Wildman–Crippen LogP) is 4.78. The lowest BCUT2D eigenvalue weighted by molar-refractivity contribution is -0.118. The Morgan fingerprint density at radius 2 is 1.97 bits per heavy atom. The van der Waals surface area contributed by atoms with E-state index in [-0.39, 0.29) is 17.8 Å². The molecule has 0 unspecified atom stereocenters. The summed E-state index contributed by atoms with van der Waals surface area (Å²) in [6.45, 7) is 3.99. The van der Waals surface area contributed by atoms with Gasteiger partial charge in [-0.25, -0.2) is 5.43 Å². The van der Waals surface area contributed by atoms with E-state index in [4.69, 9.17) is 25.8 Å². The van der Waals surface area contributed by atoms with E-state index < -0.39 is 0 Å². The number of carbonyl (C=O) groups excluding carboxylic acids is 1. The Morgan fingerprint density at radius 1 is 1.24 bits per heavy atom. The van der Waals surface area contributed by atoms with E-state index in [2.05, 4.69) is 10.5 Å². The molecule has 0 fully saturated rings. The molecule has 156 valence electrons. The third-order valence-electron chi connectivity index (χ3n) is 3.98. The van der Waals surface area contributed by atoms with Crippen molar-refractivity contribution in [3.05, 3.63) is 47.0 Å². The molecule has 2 aromatic carbocycles. The number of halogens is 1. The third-order valence-corrected chi connectivity index (χ3v) is 5.27. The first-order valence-corrected chi connectivity index (χ1v) is 10.5. The normalized spacial score (nSPS) is 11.9. The van der Waals surface area contributed by atoms with Gasteiger partial charge in [-0.15, -0.1) is 11.8 Å². The van der Waals surface area contributed by atoms with Gasteiger partial charge in [0.1, 0.15) is 5.75 Å². The van der Waals surface area contributed by atoms with Crippen LogP contribution in [0.5, 0.6) is 17.2 Å². The number of hydrazone groups is 1. The molecule has 0 saturated carbocycles. The van der Waals surface area contributed by atoms with Crippen LogP contribution in [0.1, 0.15) is 25.8 Å². The fourth-order valence-corrected chi connectivity index (χ4v) is 3.20. The average molecular weight is 437 g/mol. The SMILES string of the molecule is CC[C@@H](C)Oc1c(Cl)cc(/C=N/NC(=O)CSc2ccc(OC)cc2)cc1OC. The summed E-state index contributed by atoms with van der Waals surface area (Å²) in [5.74, 6) is 1.83. The smallest absolute Gasteiger partial charge is 0.250 e. The molecule has 1 N–H and O–H groups in total. The van der Waals surface area contributed by atoms with Crippen LogP contribution in [-0.4, -0.2) is 38.2 Å². The van der Waals surface area contributed by atoms with E-state index in [1.807, 2.05) is 38.1 Å². The van der Waals surface area contributed by atoms with Gasteiger partial charge in [0, 0.05) is 4.90 Å². The van der Waals surface area contributed by atoms with Crippen molar-refractivity contribution in [3.63, 3.8) is 0 Å². The summed E-state index contributed by atoms with van der Waals surface area (Å²) in [6, 6.07) is 11.0. The number of amides is 1. The molecule has 0 spiro atoms. The van der Waals surface area contributed by atoms with Gasteiger partial charge in [0.2, 0.25) is 5.91 Å². The third kappa shape index (κ3) is 7.18. The number of thioether (sulfide) groups is 1. The zero-order valence-corrected chi connectivity index (χ0v) is 18.5. The van der Waals surface area contributed by atoms with Crippen LogP contribution in [0.15, 0.2) is 46.4 Å². The molecule has 1 atom stereocenters. The first kappa shape index (κ1) is 22.9. The number of methoxy groups -OCH3 is 2. The highest BCUT2D eigenvalue weighted by Gasteiger charge is 2.14. The molecule has 0 radical (unpaired) electrons. The number of ether oxygens (including phenoxy) is 3. The maximum Gasteiger partial charge on any atom is 0.250 e. The van der Waals surface area contributed by atoms with Crippen LogP contribution < -0.4 is 19.6 Å². The second-order valence-electron chi connectivity index (χ2n) is 6.13. The number of nitrogens with one attached hydrogen (secondary N) is 1. The number of benzene rings is 2. The Kier molecular flexibility index (Phi) is 9.15. The largest absolute Gasteiger partial charge is 0.497 e. The molecule has 29 heavy (non-hydrogen) atoms. The van der Waals surface area contributed by atoms with Crippen LogP contribution in [0.25, 0.3) is 0 Å². The van der Waals surface area contributed by atoms with Crippen molar-refractivity contribution in [1.29, 1.82) is 0 Å². The van der Waals surface area contributed by atoms with Gasteiger partial charge in [-0.1, -0.05) is 18.5 Å². The van der Waals surface area contributed by atoms with Crippen molar-refractivity contribution in [2.24, 2.45) is 5.10 Å². The second kappa shape index (κ2) is 11.6. The van der Waals surface area contributed by atoms with Crippen molar-refractivity contribution in [3.8, 4) is 17.2 Å². The molecule has 0 aliphatic carbocycles. The average Bonchev–Trinajstić information content (AvgIpc) is 2.74. The van der Waals surface area contributed by atoms with E-state index in [1.54, 1.807) is 26.4 Å². The van der Waals surface area contributed by atoms with Crippen molar-refractivity contribution in [2.75, 3.05) is 20.0 Å². The lowest BCUT2D eigenvalue weighted by atomic mass is 10.2. The summed E-state index contributed by atoms with van der Waals surface area (Å²) in [4.78, 5) is 13.0. The van der Waals surface area contributed by atoms with Gasteiger partial charge < -0.3 is 14.2 Å². The zero-order valence-electron chi connectivity index (χ0n) is 16.9. The van der Waals surface area contributed by atoms with Gasteiger partial charge in [-0.3, -0.25) is 4.79 Å². The van der Waals surface area contributed by atoms with Gasteiger partial charge in [0.05, 0.1) is 37.3 Å². The molecule has 2 rings (SSSR count). The molecular weight excluding hydrogens is 412 g/mol. The number of hydrogen-bond acceptors (Lipinski definition) is 6. The standard InChI is InChI=1S/C21H25ClN2O4S/c1-5-14(2)28-21-18(22)10-15(11-19(21)27-4)12-23-24-20(25)13-29-17-8-6-16(26-3)7-9-17/h6-12,14H,5,13H2,1-4H3,(H,24,25)/b23-12+/t14-/m1/s1. The van der Waals surface area contributed by atoms with Crippen molar-refractivity contribution < 1.29 is 19.0 Å². The van der Waals surface area contributed by atoms with Gasteiger partial charge >= 0.3 is 0 Å². The fourth-order valence-electron chi connectivity index (χ4n) is 2.25. The maximum absolute atomic E-state index is 12.0. The highest BCUT2D eigenvalue weighted by atomic mass is 35.5. The van der Waals surface area contributed by atoms with E-state index in [1.165, 1.54) is 18.0 Å². The van der Waals surface area contributed by atoms with Gasteiger partial charge in [0.25, 0.3) is 0 Å². The van der Waals surface area contributed by atoms with Crippen molar-refractivity contribution >= 4 is 35.5 Å². The predicted molar refractivity (Wildman–Crippen MR) is 118 cm³/mol. The van der Waals surface area contributed by atoms with Crippen LogP contribution in [0, 0.1) is 0 Å². The van der Waals surface area contributed by atoms with E-state index in [9.17, 15) is 4.79 Å². The van der Waals surface area contributed by atoms with Crippen LogP contribution in [0.2, 0.25) is 5.02 Å². The number of carbonyl (C=O) groups is 1. The lowest BCUT2D eigenvalue weighted by Crippen LogP contribution is -2.19. The van der Waals surface area contributed by atoms with Crippen LogP contribution >= 0.6 is 23.4 Å². The van der Waals surface area contributed by atoms with Gasteiger partial charge in [-0.2, -0.15) is 5.10 Å². The molecule has 1 amide bonds. The molecule has 0 aromatic heterocycles. The molecule has 2 aromatic rings. The summed E-state index contributed by atoms with van der Waals surface area (Å²) in [5.41, 5.74) is 3.19. The van der Waals surface area contributed by atoms with Gasteiger partial charge in [-0.05, 0) is 55.3 Å². The van der Waals surface area contributed by atoms with E-state index >= 15 is 0 Å². The summed E-state index contributed by atoms with van der Waals surface area (Å²) >= 11 is 7.74. The number of rotatable bonds is 10. The fraction of sp³-hybridized carbons (Fsp3) is 0.333. The molecular formula is C21H25ClN2O4S. The molecule has 0 aliphatic rings. The minimum absolute atomic E-state index is 0.0170. The summed E-state index contributed by atoms with van der Waals surface area (Å²) in [7, 11) is 3.16.